The maximum Gasteiger partial charge on any atom is 0.258 e. The maximum atomic E-state index is 13.4. The Hall–Kier alpha value is -4.04. The number of ether oxygens (including phenoxy) is 1. The van der Waals surface area contributed by atoms with E-state index in [0.29, 0.717) is 11.3 Å². The van der Waals surface area contributed by atoms with Gasteiger partial charge in [-0.25, -0.2) is 0 Å². The fourth-order valence-corrected chi connectivity index (χ4v) is 4.15. The molecule has 0 saturated heterocycles. The van der Waals surface area contributed by atoms with Crippen molar-refractivity contribution in [2.75, 3.05) is 0 Å². The lowest BCUT2D eigenvalue weighted by molar-refractivity contribution is 0.396. The summed E-state index contributed by atoms with van der Waals surface area (Å²) in [6.07, 6.45) is 0. The highest BCUT2D eigenvalue weighted by molar-refractivity contribution is 5.89. The number of aryl methyl sites for hydroxylation is 1. The number of rotatable bonds is 1. The molecule has 5 rings (SSSR count). The summed E-state index contributed by atoms with van der Waals surface area (Å²) in [6.45, 7) is 0. The second kappa shape index (κ2) is 6.25. The molecule has 0 bridgehead atoms. The van der Waals surface area contributed by atoms with Crippen LogP contribution in [0.4, 0.5) is 0 Å². The predicted octanol–water partition coefficient (Wildman–Crippen LogP) is 3.91. The van der Waals surface area contributed by atoms with Gasteiger partial charge in [0.2, 0.25) is 5.88 Å². The Balaban J connectivity index is 1.88. The monoisotopic (exact) mass is 379 g/mol. The molecule has 0 aliphatic carbocycles. The van der Waals surface area contributed by atoms with Gasteiger partial charge in [-0.2, -0.15) is 5.26 Å². The average Bonchev–Trinajstić information content (AvgIpc) is 2.76. The predicted molar refractivity (Wildman–Crippen MR) is 112 cm³/mol. The molecule has 1 atom stereocenters. The fourth-order valence-electron chi connectivity index (χ4n) is 4.15. The Morgan fingerprint density at radius 2 is 1.76 bits per heavy atom. The van der Waals surface area contributed by atoms with Gasteiger partial charge in [-0.15, -0.1) is 0 Å². The van der Waals surface area contributed by atoms with Crippen LogP contribution in [0.5, 0.6) is 5.75 Å². The first-order chi connectivity index (χ1) is 14.1. The Labute approximate surface area is 166 Å². The van der Waals surface area contributed by atoms with E-state index in [1.165, 1.54) is 0 Å². The summed E-state index contributed by atoms with van der Waals surface area (Å²) in [4.78, 5) is 13.4. The Morgan fingerprint density at radius 3 is 2.55 bits per heavy atom. The first-order valence-corrected chi connectivity index (χ1v) is 9.28. The first-order valence-electron chi connectivity index (χ1n) is 9.28. The first kappa shape index (κ1) is 17.1. The minimum atomic E-state index is -0.586. The molecule has 2 N–H and O–H groups in total. The summed E-state index contributed by atoms with van der Waals surface area (Å²) >= 11 is 0. The van der Waals surface area contributed by atoms with Gasteiger partial charge < -0.3 is 15.0 Å². The minimum Gasteiger partial charge on any atom is -0.439 e. The van der Waals surface area contributed by atoms with E-state index in [4.69, 9.17) is 10.5 Å². The van der Waals surface area contributed by atoms with E-state index in [9.17, 15) is 10.1 Å². The standard InChI is InChI=1S/C24H17N3O2/c1-27-19-9-5-4-8-17(19)22-21(24(27)28)20(18(13-25)23(26)29-22)16-11-10-14-6-2-3-7-15(14)12-16/h2-12,20H,26H2,1H3. The van der Waals surface area contributed by atoms with Crippen LogP contribution in [-0.4, -0.2) is 4.57 Å². The van der Waals surface area contributed by atoms with Crippen molar-refractivity contribution in [3.8, 4) is 11.8 Å². The number of benzene rings is 3. The molecule has 2 heterocycles. The number of hydrogen-bond donors (Lipinski definition) is 1. The molecule has 5 nitrogen and oxygen atoms in total. The fraction of sp³-hybridized carbons (Fsp3) is 0.0833. The highest BCUT2D eigenvalue weighted by atomic mass is 16.5. The zero-order chi connectivity index (χ0) is 20.1. The van der Waals surface area contributed by atoms with Crippen molar-refractivity contribution in [2.45, 2.75) is 5.92 Å². The second-order valence-electron chi connectivity index (χ2n) is 7.16. The Kier molecular flexibility index (Phi) is 3.68. The van der Waals surface area contributed by atoms with Gasteiger partial charge in [0.15, 0.2) is 0 Å². The van der Waals surface area contributed by atoms with Gasteiger partial charge in [-0.1, -0.05) is 54.6 Å². The summed E-state index contributed by atoms with van der Waals surface area (Å²) in [5.74, 6) is -0.119. The highest BCUT2D eigenvalue weighted by Gasteiger charge is 2.35. The lowest BCUT2D eigenvalue weighted by atomic mass is 9.82. The second-order valence-corrected chi connectivity index (χ2v) is 7.16. The van der Waals surface area contributed by atoms with Crippen molar-refractivity contribution in [3.05, 3.63) is 99.7 Å². The number of aromatic nitrogens is 1. The number of nitriles is 1. The summed E-state index contributed by atoms with van der Waals surface area (Å²) in [5.41, 5.74) is 8.23. The van der Waals surface area contributed by atoms with Crippen LogP contribution in [0, 0.1) is 11.3 Å². The van der Waals surface area contributed by atoms with Crippen LogP contribution in [0.3, 0.4) is 0 Å². The number of hydrogen-bond acceptors (Lipinski definition) is 4. The average molecular weight is 379 g/mol. The van der Waals surface area contributed by atoms with Crippen LogP contribution in [0.25, 0.3) is 21.7 Å². The SMILES string of the molecule is Cn1c(=O)c2c(c3ccccc31)OC(N)=C(C#N)C2c1ccc2ccccc2c1. The molecule has 1 aliphatic heterocycles. The largest absolute Gasteiger partial charge is 0.439 e. The van der Waals surface area contributed by atoms with Gasteiger partial charge in [0.05, 0.1) is 17.0 Å². The smallest absolute Gasteiger partial charge is 0.258 e. The van der Waals surface area contributed by atoms with E-state index in [0.717, 1.165) is 27.2 Å². The topological polar surface area (TPSA) is 81.0 Å². The number of pyridine rings is 1. The zero-order valence-electron chi connectivity index (χ0n) is 15.7. The van der Waals surface area contributed by atoms with E-state index in [2.05, 4.69) is 6.07 Å². The summed E-state index contributed by atoms with van der Waals surface area (Å²) < 4.78 is 7.44. The molecular weight excluding hydrogens is 362 g/mol. The van der Waals surface area contributed by atoms with Crippen LogP contribution in [0.1, 0.15) is 17.0 Å². The molecular formula is C24H17N3O2. The van der Waals surface area contributed by atoms with E-state index in [1.807, 2.05) is 66.7 Å². The molecule has 3 aromatic carbocycles. The van der Waals surface area contributed by atoms with Gasteiger partial charge in [0.1, 0.15) is 17.4 Å². The molecule has 0 amide bonds. The molecule has 5 heteroatoms. The molecule has 0 fully saturated rings. The quantitative estimate of drug-likeness (QED) is 0.544. The van der Waals surface area contributed by atoms with E-state index in [1.54, 1.807) is 11.6 Å². The molecule has 29 heavy (non-hydrogen) atoms. The minimum absolute atomic E-state index is 0.0385. The van der Waals surface area contributed by atoms with Crippen molar-refractivity contribution < 1.29 is 4.74 Å². The van der Waals surface area contributed by atoms with E-state index >= 15 is 0 Å². The van der Waals surface area contributed by atoms with Crippen molar-refractivity contribution in [2.24, 2.45) is 12.8 Å². The van der Waals surface area contributed by atoms with Gasteiger partial charge >= 0.3 is 0 Å². The molecule has 140 valence electrons. The molecule has 1 unspecified atom stereocenters. The van der Waals surface area contributed by atoms with Crippen molar-refractivity contribution in [1.82, 2.24) is 4.57 Å². The van der Waals surface area contributed by atoms with Crippen LogP contribution < -0.4 is 16.0 Å². The summed E-state index contributed by atoms with van der Waals surface area (Å²) in [5, 5.41) is 12.7. The lowest BCUT2D eigenvalue weighted by Crippen LogP contribution is -2.31. The van der Waals surface area contributed by atoms with Gasteiger partial charge in [0.25, 0.3) is 5.56 Å². The highest BCUT2D eigenvalue weighted by Crippen LogP contribution is 2.43. The molecule has 0 spiro atoms. The normalized spacial score (nSPS) is 15.8. The number of fused-ring (bicyclic) bond motifs is 4. The molecule has 1 aromatic heterocycles. The molecule has 1 aliphatic rings. The van der Waals surface area contributed by atoms with Crippen LogP contribution in [0.2, 0.25) is 0 Å². The molecule has 4 aromatic rings. The Bertz CT molecular complexity index is 1440. The molecule has 0 saturated carbocycles. The van der Waals surface area contributed by atoms with Gasteiger partial charge in [-0.3, -0.25) is 4.79 Å². The number of nitrogens with two attached hydrogens (primary N) is 1. The summed E-state index contributed by atoms with van der Waals surface area (Å²) in [6, 6.07) is 23.6. The van der Waals surface area contributed by atoms with Crippen molar-refractivity contribution >= 4 is 21.7 Å². The third-order valence-electron chi connectivity index (χ3n) is 5.57. The Morgan fingerprint density at radius 1 is 1.03 bits per heavy atom. The van der Waals surface area contributed by atoms with E-state index in [-0.39, 0.29) is 17.0 Å². The number of allylic oxidation sites excluding steroid dienone is 1. The number of nitrogens with zero attached hydrogens (tertiary/aromatic N) is 2. The van der Waals surface area contributed by atoms with E-state index < -0.39 is 5.92 Å². The lowest BCUT2D eigenvalue weighted by Gasteiger charge is -2.27. The van der Waals surface area contributed by atoms with Crippen LogP contribution >= 0.6 is 0 Å². The van der Waals surface area contributed by atoms with Gasteiger partial charge in [-0.05, 0) is 28.5 Å². The molecule has 0 radical (unpaired) electrons. The summed E-state index contributed by atoms with van der Waals surface area (Å²) in [7, 11) is 1.73. The third-order valence-corrected chi connectivity index (χ3v) is 5.57. The maximum absolute atomic E-state index is 13.4. The van der Waals surface area contributed by atoms with Crippen LogP contribution in [0.15, 0.2) is 83.0 Å². The number of para-hydroxylation sites is 1. The van der Waals surface area contributed by atoms with Crippen molar-refractivity contribution in [1.29, 1.82) is 5.26 Å². The van der Waals surface area contributed by atoms with Crippen molar-refractivity contribution in [3.63, 3.8) is 0 Å². The third kappa shape index (κ3) is 2.43. The van der Waals surface area contributed by atoms with Crippen LogP contribution in [-0.2, 0) is 7.05 Å². The zero-order valence-corrected chi connectivity index (χ0v) is 15.7. The van der Waals surface area contributed by atoms with Gasteiger partial charge in [0, 0.05) is 12.4 Å².